The van der Waals surface area contributed by atoms with Gasteiger partial charge in [0.25, 0.3) is 0 Å². The third-order valence-electron chi connectivity index (χ3n) is 6.60. The van der Waals surface area contributed by atoms with Crippen LogP contribution in [0.2, 0.25) is 0 Å². The maximum absolute atomic E-state index is 6.55. The van der Waals surface area contributed by atoms with Gasteiger partial charge in [0.15, 0.2) is 11.8 Å². The molecule has 0 saturated carbocycles. The molecule has 164 valence electrons. The Balaban J connectivity index is 1.80. The molecule has 0 bridgehead atoms. The minimum atomic E-state index is 0.214. The van der Waals surface area contributed by atoms with Crippen molar-refractivity contribution in [2.45, 2.75) is 34.1 Å². The van der Waals surface area contributed by atoms with Crippen molar-refractivity contribution in [3.63, 3.8) is 0 Å². The lowest BCUT2D eigenvalue weighted by Gasteiger charge is -2.18. The fourth-order valence-electron chi connectivity index (χ4n) is 5.23. The maximum atomic E-state index is 6.55. The van der Waals surface area contributed by atoms with E-state index in [1.54, 1.807) is 0 Å². The Hall–Kier alpha value is -3.59. The molecule has 6 rings (SSSR count). The molecule has 3 nitrogen and oxygen atoms in total. The van der Waals surface area contributed by atoms with Crippen LogP contribution in [0.3, 0.4) is 0 Å². The summed E-state index contributed by atoms with van der Waals surface area (Å²) in [6, 6.07) is 21.1. The normalized spacial score (nSPS) is 12.5. The van der Waals surface area contributed by atoms with Crippen LogP contribution in [0.5, 0.6) is 0 Å². The van der Waals surface area contributed by atoms with E-state index in [0.29, 0.717) is 0 Å². The molecule has 0 aliphatic carbocycles. The van der Waals surface area contributed by atoms with Gasteiger partial charge in [0, 0.05) is 28.3 Å². The average Bonchev–Trinajstić information content (AvgIpc) is 3.33. The zero-order valence-corrected chi connectivity index (χ0v) is 19.8. The molecule has 0 aliphatic heterocycles. The van der Waals surface area contributed by atoms with E-state index in [4.69, 9.17) is 8.83 Å². The highest BCUT2D eigenvalue weighted by Crippen LogP contribution is 2.46. The Morgan fingerprint density at radius 3 is 2.06 bits per heavy atom. The van der Waals surface area contributed by atoms with Gasteiger partial charge in [0.2, 0.25) is 5.69 Å². The second kappa shape index (κ2) is 6.95. The van der Waals surface area contributed by atoms with Gasteiger partial charge in [-0.05, 0) is 42.0 Å². The van der Waals surface area contributed by atoms with Crippen LogP contribution in [0.15, 0.2) is 75.7 Å². The number of hydrogen-bond acceptors (Lipinski definition) is 2. The summed E-state index contributed by atoms with van der Waals surface area (Å²) in [4.78, 5) is 0. The van der Waals surface area contributed by atoms with Crippen molar-refractivity contribution in [3.8, 4) is 11.3 Å². The van der Waals surface area contributed by atoms with Gasteiger partial charge in [-0.25, -0.2) is 4.57 Å². The molecule has 6 aromatic rings. The summed E-state index contributed by atoms with van der Waals surface area (Å²) in [6.07, 6.45) is 3.18. The molecule has 3 aromatic carbocycles. The van der Waals surface area contributed by atoms with Crippen molar-refractivity contribution in [1.29, 1.82) is 0 Å². The zero-order valence-electron chi connectivity index (χ0n) is 19.8. The fraction of sp³-hybridized carbons (Fsp3) is 0.233. The van der Waals surface area contributed by atoms with Crippen LogP contribution in [0.1, 0.15) is 31.9 Å². The molecular formula is C30H28NO2+. The van der Waals surface area contributed by atoms with E-state index in [2.05, 4.69) is 81.9 Å². The highest BCUT2D eigenvalue weighted by Gasteiger charge is 2.27. The van der Waals surface area contributed by atoms with Crippen molar-refractivity contribution < 1.29 is 13.4 Å². The standard InChI is InChI=1S/C30H28NO2/c1-18-25-20-10-6-8-12-23(20)32-28(25)27-21-11-7-9-13-24(21)33-29(27)26(18)22-16-19(14-15-31(22)5)17-30(2,3)4/h6-16H,17H2,1-5H3/q+1. The van der Waals surface area contributed by atoms with Gasteiger partial charge in [0.1, 0.15) is 23.8 Å². The van der Waals surface area contributed by atoms with Crippen molar-refractivity contribution in [3.05, 3.63) is 78.0 Å². The van der Waals surface area contributed by atoms with Crippen molar-refractivity contribution in [1.82, 2.24) is 0 Å². The van der Waals surface area contributed by atoms with Crippen LogP contribution in [0.25, 0.3) is 55.1 Å². The average molecular weight is 435 g/mol. The zero-order chi connectivity index (χ0) is 22.9. The molecule has 0 fully saturated rings. The van der Waals surface area contributed by atoms with Gasteiger partial charge in [-0.1, -0.05) is 57.2 Å². The first kappa shape index (κ1) is 20.0. The summed E-state index contributed by atoms with van der Waals surface area (Å²) in [5.41, 5.74) is 8.62. The van der Waals surface area contributed by atoms with Crippen molar-refractivity contribution in [2.24, 2.45) is 12.5 Å². The summed E-state index contributed by atoms with van der Waals surface area (Å²) in [6.45, 7) is 9.05. The van der Waals surface area contributed by atoms with Crippen LogP contribution >= 0.6 is 0 Å². The first-order valence-electron chi connectivity index (χ1n) is 11.6. The molecule has 0 unspecified atom stereocenters. The Labute approximate surface area is 193 Å². The van der Waals surface area contributed by atoms with Crippen LogP contribution in [-0.2, 0) is 13.5 Å². The number of benzene rings is 3. The van der Waals surface area contributed by atoms with Crippen molar-refractivity contribution in [2.75, 3.05) is 0 Å². The lowest BCUT2D eigenvalue weighted by Crippen LogP contribution is -2.31. The molecule has 0 spiro atoms. The van der Waals surface area contributed by atoms with E-state index in [1.807, 2.05) is 24.3 Å². The Kier molecular flexibility index (Phi) is 4.22. The third kappa shape index (κ3) is 3.06. The van der Waals surface area contributed by atoms with E-state index < -0.39 is 0 Å². The summed E-state index contributed by atoms with van der Waals surface area (Å²) in [7, 11) is 2.11. The van der Waals surface area contributed by atoms with Gasteiger partial charge in [-0.3, -0.25) is 0 Å². The van der Waals surface area contributed by atoms with E-state index in [9.17, 15) is 0 Å². The molecule has 0 aliphatic rings. The highest BCUT2D eigenvalue weighted by atomic mass is 16.3. The second-order valence-electron chi connectivity index (χ2n) is 10.4. The van der Waals surface area contributed by atoms with Gasteiger partial charge >= 0.3 is 0 Å². The molecule has 0 saturated heterocycles. The predicted octanol–water partition coefficient (Wildman–Crippen LogP) is 7.87. The van der Waals surface area contributed by atoms with Crippen LogP contribution in [0, 0.1) is 12.3 Å². The number of aryl methyl sites for hydroxylation is 2. The van der Waals surface area contributed by atoms with E-state index in [-0.39, 0.29) is 5.41 Å². The van der Waals surface area contributed by atoms with E-state index >= 15 is 0 Å². The van der Waals surface area contributed by atoms with Gasteiger partial charge in [0.05, 0.1) is 10.9 Å². The number of hydrogen-bond donors (Lipinski definition) is 0. The molecule has 3 heterocycles. The highest BCUT2D eigenvalue weighted by molar-refractivity contribution is 6.26. The topological polar surface area (TPSA) is 30.2 Å². The largest absolute Gasteiger partial charge is 0.455 e. The third-order valence-corrected chi connectivity index (χ3v) is 6.60. The van der Waals surface area contributed by atoms with Crippen LogP contribution in [-0.4, -0.2) is 0 Å². The lowest BCUT2D eigenvalue weighted by atomic mass is 9.87. The molecule has 0 radical (unpaired) electrons. The predicted molar refractivity (Wildman–Crippen MR) is 136 cm³/mol. The lowest BCUT2D eigenvalue weighted by molar-refractivity contribution is -0.660. The monoisotopic (exact) mass is 434 g/mol. The first-order valence-corrected chi connectivity index (χ1v) is 11.6. The first-order chi connectivity index (χ1) is 15.8. The minimum absolute atomic E-state index is 0.214. The quantitative estimate of drug-likeness (QED) is 0.260. The number of para-hydroxylation sites is 2. The van der Waals surface area contributed by atoms with Crippen LogP contribution < -0.4 is 4.57 Å². The molecule has 33 heavy (non-hydrogen) atoms. The summed E-state index contributed by atoms with van der Waals surface area (Å²) >= 11 is 0. The van der Waals surface area contributed by atoms with E-state index in [0.717, 1.165) is 56.2 Å². The number of pyridine rings is 1. The number of nitrogens with zero attached hydrogens (tertiary/aromatic N) is 1. The second-order valence-corrected chi connectivity index (χ2v) is 10.4. The Bertz CT molecular complexity index is 1690. The fourth-order valence-corrected chi connectivity index (χ4v) is 5.23. The minimum Gasteiger partial charge on any atom is -0.455 e. The summed E-state index contributed by atoms with van der Waals surface area (Å²) in [5, 5.41) is 4.46. The molecule has 3 heteroatoms. The number of aromatic nitrogens is 1. The molecule has 0 N–H and O–H groups in total. The van der Waals surface area contributed by atoms with Gasteiger partial charge < -0.3 is 8.83 Å². The Morgan fingerprint density at radius 1 is 0.788 bits per heavy atom. The van der Waals surface area contributed by atoms with Gasteiger partial charge in [-0.2, -0.15) is 0 Å². The van der Waals surface area contributed by atoms with E-state index in [1.165, 1.54) is 16.5 Å². The Morgan fingerprint density at radius 2 is 1.39 bits per heavy atom. The smallest absolute Gasteiger partial charge is 0.216 e. The van der Waals surface area contributed by atoms with Crippen molar-refractivity contribution >= 4 is 43.9 Å². The summed E-state index contributed by atoms with van der Waals surface area (Å²) in [5.74, 6) is 0. The number of fused-ring (bicyclic) bond motifs is 7. The maximum Gasteiger partial charge on any atom is 0.216 e. The molecule has 0 atom stereocenters. The summed E-state index contributed by atoms with van der Waals surface area (Å²) < 4.78 is 15.2. The molecule has 3 aromatic heterocycles. The number of rotatable bonds is 2. The SMILES string of the molecule is Cc1c(-c2cc(CC(C)(C)C)cc[n+]2C)c2oc3ccccc3c2c2oc3ccccc3c12. The van der Waals surface area contributed by atoms with Gasteiger partial charge in [-0.15, -0.1) is 0 Å². The van der Waals surface area contributed by atoms with Crippen LogP contribution in [0.4, 0.5) is 0 Å². The molecule has 0 amide bonds. The molecular weight excluding hydrogens is 406 g/mol. The number of furan rings is 2.